The lowest BCUT2D eigenvalue weighted by Crippen LogP contribution is -2.20. The Labute approximate surface area is 136 Å². The number of anilines is 1. The molecule has 0 unspecified atom stereocenters. The molecule has 1 N–H and O–H groups in total. The molecule has 6 heteroatoms. The van der Waals surface area contributed by atoms with Gasteiger partial charge in [-0.05, 0) is 46.3 Å². The smallest absolute Gasteiger partial charge is 0.262 e. The topological polar surface area (TPSA) is 47.6 Å². The van der Waals surface area contributed by atoms with Crippen LogP contribution in [0.3, 0.4) is 0 Å². The average molecular weight is 371 g/mol. The number of nitrogens with one attached hydrogen (secondary N) is 1. The van der Waals surface area contributed by atoms with E-state index in [0.29, 0.717) is 26.7 Å². The molecule has 2 rings (SSSR count). The van der Waals surface area contributed by atoms with Crippen molar-refractivity contribution in [2.75, 3.05) is 19.0 Å². The lowest BCUT2D eigenvalue weighted by Gasteiger charge is -2.09. The summed E-state index contributed by atoms with van der Waals surface area (Å²) < 4.78 is 11.2. The van der Waals surface area contributed by atoms with E-state index >= 15 is 0 Å². The third kappa shape index (κ3) is 4.65. The van der Waals surface area contributed by atoms with Crippen LogP contribution >= 0.6 is 27.5 Å². The zero-order valence-corrected chi connectivity index (χ0v) is 13.6. The van der Waals surface area contributed by atoms with Gasteiger partial charge in [-0.1, -0.05) is 17.7 Å². The van der Waals surface area contributed by atoms with Crippen LogP contribution in [0.25, 0.3) is 0 Å². The molecule has 2 aromatic rings. The highest BCUT2D eigenvalue weighted by molar-refractivity contribution is 9.10. The molecule has 4 nitrogen and oxygen atoms in total. The number of hydrogen-bond acceptors (Lipinski definition) is 3. The number of halogens is 2. The summed E-state index contributed by atoms with van der Waals surface area (Å²) in [7, 11) is 1.57. The molecule has 0 aromatic heterocycles. The second-order valence-electron chi connectivity index (χ2n) is 4.14. The van der Waals surface area contributed by atoms with Crippen LogP contribution in [0.2, 0.25) is 5.02 Å². The summed E-state index contributed by atoms with van der Waals surface area (Å²) in [5, 5.41) is 3.33. The standard InChI is InChI=1S/C15H13BrClNO3/c1-20-12-4-2-3-11(8-12)18-15(19)9-21-14-6-5-10(17)7-13(14)16/h2-8H,9H2,1H3,(H,18,19). The van der Waals surface area contributed by atoms with Gasteiger partial charge in [0.1, 0.15) is 11.5 Å². The maximum atomic E-state index is 11.8. The molecule has 21 heavy (non-hydrogen) atoms. The first-order valence-corrected chi connectivity index (χ1v) is 7.27. The minimum absolute atomic E-state index is 0.0998. The van der Waals surface area contributed by atoms with Crippen molar-refractivity contribution in [3.05, 3.63) is 52.0 Å². The summed E-state index contributed by atoms with van der Waals surface area (Å²) >= 11 is 9.16. The molecule has 0 aliphatic carbocycles. The van der Waals surface area contributed by atoms with Crippen molar-refractivity contribution in [1.82, 2.24) is 0 Å². The minimum atomic E-state index is -0.259. The summed E-state index contributed by atoms with van der Waals surface area (Å²) in [5.74, 6) is 0.972. The van der Waals surface area contributed by atoms with E-state index in [1.807, 2.05) is 0 Å². The van der Waals surface area contributed by atoms with Gasteiger partial charge < -0.3 is 14.8 Å². The molecule has 0 spiro atoms. The quantitative estimate of drug-likeness (QED) is 0.861. The number of carbonyl (C=O) groups is 1. The Bertz CT molecular complexity index is 649. The van der Waals surface area contributed by atoms with Crippen molar-refractivity contribution in [3.63, 3.8) is 0 Å². The highest BCUT2D eigenvalue weighted by Gasteiger charge is 2.07. The third-order valence-corrected chi connectivity index (χ3v) is 3.46. The predicted octanol–water partition coefficient (Wildman–Crippen LogP) is 4.13. The van der Waals surface area contributed by atoms with Gasteiger partial charge in [0.15, 0.2) is 6.61 Å². The van der Waals surface area contributed by atoms with Crippen molar-refractivity contribution in [3.8, 4) is 11.5 Å². The molecular formula is C15H13BrClNO3. The molecule has 0 aliphatic rings. The van der Waals surface area contributed by atoms with E-state index in [1.54, 1.807) is 49.6 Å². The maximum Gasteiger partial charge on any atom is 0.262 e. The SMILES string of the molecule is COc1cccc(NC(=O)COc2ccc(Cl)cc2Br)c1. The normalized spacial score (nSPS) is 10.0. The fourth-order valence-corrected chi connectivity index (χ4v) is 2.43. The summed E-state index contributed by atoms with van der Waals surface area (Å²) in [5.41, 5.74) is 0.651. The first kappa shape index (κ1) is 15.7. The molecule has 0 saturated heterocycles. The molecule has 110 valence electrons. The second kappa shape index (κ2) is 7.33. The average Bonchev–Trinajstić information content (AvgIpc) is 2.46. The monoisotopic (exact) mass is 369 g/mol. The zero-order valence-electron chi connectivity index (χ0n) is 11.2. The van der Waals surface area contributed by atoms with E-state index in [1.165, 1.54) is 0 Å². The first-order chi connectivity index (χ1) is 10.1. The van der Waals surface area contributed by atoms with Gasteiger partial charge >= 0.3 is 0 Å². The molecule has 2 aromatic carbocycles. The number of methoxy groups -OCH3 is 1. The number of ether oxygens (including phenoxy) is 2. The van der Waals surface area contributed by atoms with Crippen molar-refractivity contribution >= 4 is 39.1 Å². The van der Waals surface area contributed by atoms with Crippen LogP contribution in [0.4, 0.5) is 5.69 Å². The van der Waals surface area contributed by atoms with Crippen molar-refractivity contribution in [2.45, 2.75) is 0 Å². The lowest BCUT2D eigenvalue weighted by atomic mass is 10.3. The van der Waals surface area contributed by atoms with E-state index in [-0.39, 0.29) is 12.5 Å². The maximum absolute atomic E-state index is 11.8. The molecule has 1 amide bonds. The van der Waals surface area contributed by atoms with Gasteiger partial charge in [-0.3, -0.25) is 4.79 Å². The van der Waals surface area contributed by atoms with Gasteiger partial charge in [0.25, 0.3) is 5.91 Å². The third-order valence-electron chi connectivity index (χ3n) is 2.61. The van der Waals surface area contributed by atoms with Crippen LogP contribution in [0, 0.1) is 0 Å². The molecule has 0 aliphatic heterocycles. The fraction of sp³-hybridized carbons (Fsp3) is 0.133. The largest absolute Gasteiger partial charge is 0.497 e. The second-order valence-corrected chi connectivity index (χ2v) is 5.43. The van der Waals surface area contributed by atoms with E-state index in [9.17, 15) is 4.79 Å². The molecule has 0 radical (unpaired) electrons. The van der Waals surface area contributed by atoms with Crippen LogP contribution in [0.1, 0.15) is 0 Å². The van der Waals surface area contributed by atoms with Gasteiger partial charge in [0.2, 0.25) is 0 Å². The lowest BCUT2D eigenvalue weighted by molar-refractivity contribution is -0.118. The fourth-order valence-electron chi connectivity index (χ4n) is 1.63. The number of hydrogen-bond donors (Lipinski definition) is 1. The zero-order chi connectivity index (χ0) is 15.2. The Kier molecular flexibility index (Phi) is 5.47. The Balaban J connectivity index is 1.92. The van der Waals surface area contributed by atoms with Gasteiger partial charge in [0, 0.05) is 16.8 Å². The van der Waals surface area contributed by atoms with Gasteiger partial charge in [-0.15, -0.1) is 0 Å². The van der Waals surface area contributed by atoms with E-state index < -0.39 is 0 Å². The molecule has 0 bridgehead atoms. The molecular weight excluding hydrogens is 358 g/mol. The number of benzene rings is 2. The molecule has 0 fully saturated rings. The van der Waals surface area contributed by atoms with Gasteiger partial charge in [-0.2, -0.15) is 0 Å². The molecule has 0 atom stereocenters. The van der Waals surface area contributed by atoms with Gasteiger partial charge in [0.05, 0.1) is 11.6 Å². The molecule has 0 saturated carbocycles. The highest BCUT2D eigenvalue weighted by Crippen LogP contribution is 2.27. The highest BCUT2D eigenvalue weighted by atomic mass is 79.9. The van der Waals surface area contributed by atoms with Crippen LogP contribution in [-0.4, -0.2) is 19.6 Å². The Morgan fingerprint density at radius 2 is 2.10 bits per heavy atom. The number of rotatable bonds is 5. The van der Waals surface area contributed by atoms with Crippen molar-refractivity contribution < 1.29 is 14.3 Å². The molecule has 0 heterocycles. The Morgan fingerprint density at radius 1 is 1.29 bits per heavy atom. The van der Waals surface area contributed by atoms with E-state index in [2.05, 4.69) is 21.2 Å². The van der Waals surface area contributed by atoms with Crippen molar-refractivity contribution in [1.29, 1.82) is 0 Å². The predicted molar refractivity (Wildman–Crippen MR) is 86.3 cm³/mol. The number of amides is 1. The Morgan fingerprint density at radius 3 is 2.81 bits per heavy atom. The summed E-state index contributed by atoms with van der Waals surface area (Å²) in [6.07, 6.45) is 0. The van der Waals surface area contributed by atoms with E-state index in [4.69, 9.17) is 21.1 Å². The summed E-state index contributed by atoms with van der Waals surface area (Å²) in [4.78, 5) is 11.8. The van der Waals surface area contributed by atoms with Gasteiger partial charge in [-0.25, -0.2) is 0 Å². The van der Waals surface area contributed by atoms with Crippen LogP contribution in [-0.2, 0) is 4.79 Å². The summed E-state index contributed by atoms with van der Waals surface area (Å²) in [6, 6.07) is 12.2. The number of carbonyl (C=O) groups excluding carboxylic acids is 1. The first-order valence-electron chi connectivity index (χ1n) is 6.10. The van der Waals surface area contributed by atoms with Crippen LogP contribution < -0.4 is 14.8 Å². The van der Waals surface area contributed by atoms with E-state index in [0.717, 1.165) is 0 Å². The van der Waals surface area contributed by atoms with Crippen molar-refractivity contribution in [2.24, 2.45) is 0 Å². The summed E-state index contributed by atoms with van der Waals surface area (Å²) in [6.45, 7) is -0.0998. The van der Waals surface area contributed by atoms with Crippen LogP contribution in [0.15, 0.2) is 46.9 Å². The van der Waals surface area contributed by atoms with Crippen LogP contribution in [0.5, 0.6) is 11.5 Å². The Hall–Kier alpha value is -1.72. The minimum Gasteiger partial charge on any atom is -0.497 e.